The van der Waals surface area contributed by atoms with E-state index in [1.807, 2.05) is 23.6 Å². The van der Waals surface area contributed by atoms with Crippen LogP contribution in [0, 0.1) is 0 Å². The van der Waals surface area contributed by atoms with Gasteiger partial charge in [0.25, 0.3) is 0 Å². The van der Waals surface area contributed by atoms with E-state index in [0.717, 1.165) is 26.2 Å². The lowest BCUT2D eigenvalue weighted by molar-refractivity contribution is -0.145. The van der Waals surface area contributed by atoms with Crippen molar-refractivity contribution in [2.75, 3.05) is 39.3 Å². The number of rotatable bonds is 3. The van der Waals surface area contributed by atoms with Crippen molar-refractivity contribution in [3.63, 3.8) is 0 Å². The molecule has 20 heavy (non-hydrogen) atoms. The molecule has 6 nitrogen and oxygen atoms in total. The van der Waals surface area contributed by atoms with E-state index in [2.05, 4.69) is 5.32 Å². The number of morpholine rings is 1. The Balaban J connectivity index is 1.75. The van der Waals surface area contributed by atoms with Crippen molar-refractivity contribution in [3.05, 3.63) is 0 Å². The molecule has 1 N–H and O–H groups in total. The van der Waals surface area contributed by atoms with Gasteiger partial charge in [0.2, 0.25) is 11.8 Å². The molecule has 2 atom stereocenters. The SMILES string of the molecule is CC1CN(C(=O)CCC(=O)N2CCNCC2)CC(C)O1. The third kappa shape index (κ3) is 4.18. The molecule has 0 saturated carbocycles. The Hall–Kier alpha value is -1.14. The molecule has 2 amide bonds. The maximum absolute atomic E-state index is 12.2. The number of carbonyl (C=O) groups excluding carboxylic acids is 2. The van der Waals surface area contributed by atoms with E-state index in [9.17, 15) is 9.59 Å². The minimum absolute atomic E-state index is 0.0653. The summed E-state index contributed by atoms with van der Waals surface area (Å²) in [5.41, 5.74) is 0. The number of piperazine rings is 1. The van der Waals surface area contributed by atoms with Crippen molar-refractivity contribution >= 4 is 11.8 Å². The van der Waals surface area contributed by atoms with E-state index in [1.165, 1.54) is 0 Å². The first-order valence-corrected chi connectivity index (χ1v) is 7.48. The zero-order valence-corrected chi connectivity index (χ0v) is 12.4. The second kappa shape index (κ2) is 7.04. The molecule has 2 fully saturated rings. The topological polar surface area (TPSA) is 61.9 Å². The van der Waals surface area contributed by atoms with Crippen LogP contribution in [-0.4, -0.2) is 73.1 Å². The highest BCUT2D eigenvalue weighted by molar-refractivity contribution is 5.84. The molecule has 0 spiro atoms. The second-order valence-electron chi connectivity index (χ2n) is 5.69. The lowest BCUT2D eigenvalue weighted by atomic mass is 10.2. The third-order valence-corrected chi connectivity index (χ3v) is 3.79. The first-order valence-electron chi connectivity index (χ1n) is 7.48. The van der Waals surface area contributed by atoms with Crippen molar-refractivity contribution in [1.82, 2.24) is 15.1 Å². The van der Waals surface area contributed by atoms with Crippen LogP contribution >= 0.6 is 0 Å². The normalized spacial score (nSPS) is 27.5. The van der Waals surface area contributed by atoms with Crippen molar-refractivity contribution < 1.29 is 14.3 Å². The molecule has 2 unspecified atom stereocenters. The van der Waals surface area contributed by atoms with Crippen LogP contribution in [0.3, 0.4) is 0 Å². The van der Waals surface area contributed by atoms with E-state index >= 15 is 0 Å². The van der Waals surface area contributed by atoms with Gasteiger partial charge in [-0.05, 0) is 13.8 Å². The number of carbonyl (C=O) groups is 2. The monoisotopic (exact) mass is 283 g/mol. The van der Waals surface area contributed by atoms with Crippen LogP contribution < -0.4 is 5.32 Å². The summed E-state index contributed by atoms with van der Waals surface area (Å²) in [6, 6.07) is 0. The molecule has 0 aromatic carbocycles. The first-order chi connectivity index (χ1) is 9.56. The Labute approximate surface area is 120 Å². The molecule has 0 aromatic rings. The minimum Gasteiger partial charge on any atom is -0.372 e. The first kappa shape index (κ1) is 15.3. The summed E-state index contributed by atoms with van der Waals surface area (Å²) < 4.78 is 5.61. The minimum atomic E-state index is 0.0653. The summed E-state index contributed by atoms with van der Waals surface area (Å²) in [7, 11) is 0. The fraction of sp³-hybridized carbons (Fsp3) is 0.857. The number of ether oxygens (including phenoxy) is 1. The quantitative estimate of drug-likeness (QED) is 0.781. The van der Waals surface area contributed by atoms with Gasteiger partial charge in [0.15, 0.2) is 0 Å². The Morgan fingerprint density at radius 2 is 1.50 bits per heavy atom. The molecular weight excluding hydrogens is 258 g/mol. The number of amides is 2. The molecule has 0 aliphatic carbocycles. The van der Waals surface area contributed by atoms with Gasteiger partial charge < -0.3 is 19.9 Å². The van der Waals surface area contributed by atoms with E-state index in [1.54, 1.807) is 0 Å². The summed E-state index contributed by atoms with van der Waals surface area (Å²) in [6.45, 7) is 8.40. The Bertz CT molecular complexity index is 346. The summed E-state index contributed by atoms with van der Waals surface area (Å²) in [5.74, 6) is 0.157. The highest BCUT2D eigenvalue weighted by Crippen LogP contribution is 2.12. The number of hydrogen-bond donors (Lipinski definition) is 1. The van der Waals surface area contributed by atoms with Crippen molar-refractivity contribution in [2.45, 2.75) is 38.9 Å². The van der Waals surface area contributed by atoms with Crippen molar-refractivity contribution in [3.8, 4) is 0 Å². The predicted octanol–water partition coefficient (Wildman–Crippen LogP) is -0.166. The third-order valence-electron chi connectivity index (χ3n) is 3.79. The van der Waals surface area contributed by atoms with Gasteiger partial charge in [-0.3, -0.25) is 9.59 Å². The summed E-state index contributed by atoms with van der Waals surface area (Å²) in [5, 5.41) is 3.21. The van der Waals surface area contributed by atoms with Crippen LogP contribution in [-0.2, 0) is 14.3 Å². The van der Waals surface area contributed by atoms with Crippen LogP contribution in [0.1, 0.15) is 26.7 Å². The number of hydrogen-bond acceptors (Lipinski definition) is 4. The van der Waals surface area contributed by atoms with E-state index in [4.69, 9.17) is 4.74 Å². The van der Waals surface area contributed by atoms with E-state index < -0.39 is 0 Å². The van der Waals surface area contributed by atoms with Gasteiger partial charge in [0.05, 0.1) is 12.2 Å². The van der Waals surface area contributed by atoms with Crippen LogP contribution in [0.4, 0.5) is 0 Å². The van der Waals surface area contributed by atoms with Gasteiger partial charge in [-0.2, -0.15) is 0 Å². The molecule has 2 rings (SSSR count). The number of nitrogens with zero attached hydrogens (tertiary/aromatic N) is 2. The lowest BCUT2D eigenvalue weighted by Crippen LogP contribution is -2.49. The zero-order valence-electron chi connectivity index (χ0n) is 12.4. The standard InChI is InChI=1S/C14H25N3O3/c1-11-9-17(10-12(2)20-11)14(19)4-3-13(18)16-7-5-15-6-8-16/h11-12,15H,3-10H2,1-2H3. The average molecular weight is 283 g/mol. The smallest absolute Gasteiger partial charge is 0.223 e. The molecule has 2 aliphatic heterocycles. The van der Waals surface area contributed by atoms with Crippen LogP contribution in [0.25, 0.3) is 0 Å². The van der Waals surface area contributed by atoms with E-state index in [-0.39, 0.29) is 24.0 Å². The predicted molar refractivity (Wildman–Crippen MR) is 75.3 cm³/mol. The van der Waals surface area contributed by atoms with Gasteiger partial charge >= 0.3 is 0 Å². The van der Waals surface area contributed by atoms with Gasteiger partial charge in [-0.25, -0.2) is 0 Å². The molecule has 0 radical (unpaired) electrons. The van der Waals surface area contributed by atoms with Gasteiger partial charge in [-0.15, -0.1) is 0 Å². The van der Waals surface area contributed by atoms with Crippen LogP contribution in [0.2, 0.25) is 0 Å². The summed E-state index contributed by atoms with van der Waals surface area (Å²) in [6.07, 6.45) is 0.777. The fourth-order valence-electron chi connectivity index (χ4n) is 2.83. The molecule has 0 aromatic heterocycles. The van der Waals surface area contributed by atoms with E-state index in [0.29, 0.717) is 25.9 Å². The zero-order chi connectivity index (χ0) is 14.5. The fourth-order valence-corrected chi connectivity index (χ4v) is 2.83. The molecular formula is C14H25N3O3. The molecule has 6 heteroatoms. The highest BCUT2D eigenvalue weighted by Gasteiger charge is 2.26. The average Bonchev–Trinajstić information content (AvgIpc) is 2.44. The molecule has 2 heterocycles. The van der Waals surface area contributed by atoms with Gasteiger partial charge in [-0.1, -0.05) is 0 Å². The molecule has 114 valence electrons. The van der Waals surface area contributed by atoms with Crippen LogP contribution in [0.5, 0.6) is 0 Å². The Morgan fingerprint density at radius 3 is 2.05 bits per heavy atom. The van der Waals surface area contributed by atoms with Crippen LogP contribution in [0.15, 0.2) is 0 Å². The number of nitrogens with one attached hydrogen (secondary N) is 1. The van der Waals surface area contributed by atoms with Gasteiger partial charge in [0.1, 0.15) is 0 Å². The maximum Gasteiger partial charge on any atom is 0.223 e. The largest absolute Gasteiger partial charge is 0.372 e. The van der Waals surface area contributed by atoms with Crippen molar-refractivity contribution in [1.29, 1.82) is 0 Å². The summed E-state index contributed by atoms with van der Waals surface area (Å²) in [4.78, 5) is 27.8. The Morgan fingerprint density at radius 1 is 1.00 bits per heavy atom. The molecule has 0 bridgehead atoms. The van der Waals surface area contributed by atoms with Gasteiger partial charge in [0, 0.05) is 52.1 Å². The molecule has 2 aliphatic rings. The second-order valence-corrected chi connectivity index (χ2v) is 5.69. The molecule has 2 saturated heterocycles. The highest BCUT2D eigenvalue weighted by atomic mass is 16.5. The lowest BCUT2D eigenvalue weighted by Gasteiger charge is -2.35. The maximum atomic E-state index is 12.2. The van der Waals surface area contributed by atoms with Crippen molar-refractivity contribution in [2.24, 2.45) is 0 Å². The summed E-state index contributed by atoms with van der Waals surface area (Å²) >= 11 is 0. The Kier molecular flexibility index (Phi) is 5.37.